The Morgan fingerprint density at radius 3 is 2.07 bits per heavy atom. The first kappa shape index (κ1) is 21.1. The van der Waals surface area contributed by atoms with Gasteiger partial charge in [-0.1, -0.05) is 29.8 Å². The predicted octanol–water partition coefficient (Wildman–Crippen LogP) is 5.43. The molecule has 0 unspecified atom stereocenters. The number of amides is 1. The summed E-state index contributed by atoms with van der Waals surface area (Å²) in [6.45, 7) is 5.72. The third-order valence-electron chi connectivity index (χ3n) is 4.45. The average molecular weight is 473 g/mol. The van der Waals surface area contributed by atoms with Gasteiger partial charge in [-0.3, -0.25) is 9.52 Å². The Labute approximate surface area is 179 Å². The molecule has 5 nitrogen and oxygen atoms in total. The summed E-state index contributed by atoms with van der Waals surface area (Å²) >= 11 is 3.35. The largest absolute Gasteiger partial charge is 0.322 e. The summed E-state index contributed by atoms with van der Waals surface area (Å²) in [7, 11) is -3.75. The minimum absolute atomic E-state index is 0.121. The summed E-state index contributed by atoms with van der Waals surface area (Å²) in [4.78, 5) is 12.5. The van der Waals surface area contributed by atoms with Crippen LogP contribution < -0.4 is 10.0 Å². The number of benzene rings is 3. The van der Waals surface area contributed by atoms with Crippen LogP contribution in [0.5, 0.6) is 0 Å². The van der Waals surface area contributed by atoms with Gasteiger partial charge in [-0.2, -0.15) is 0 Å². The van der Waals surface area contributed by atoms with Crippen molar-refractivity contribution >= 4 is 43.2 Å². The van der Waals surface area contributed by atoms with Crippen molar-refractivity contribution in [3.63, 3.8) is 0 Å². The van der Waals surface area contributed by atoms with E-state index in [-0.39, 0.29) is 10.8 Å². The molecule has 2 N–H and O–H groups in total. The molecule has 0 aliphatic heterocycles. The van der Waals surface area contributed by atoms with Gasteiger partial charge in [0.05, 0.1) is 16.1 Å². The smallest absolute Gasteiger partial charge is 0.261 e. The van der Waals surface area contributed by atoms with Crippen molar-refractivity contribution in [3.05, 3.63) is 87.4 Å². The lowest BCUT2D eigenvalue weighted by molar-refractivity contribution is 0.102. The van der Waals surface area contributed by atoms with Crippen LogP contribution in [0, 0.1) is 20.8 Å². The van der Waals surface area contributed by atoms with Crippen molar-refractivity contribution in [2.75, 3.05) is 10.0 Å². The lowest BCUT2D eigenvalue weighted by Gasteiger charge is -2.14. The molecule has 3 aromatic carbocycles. The first-order chi connectivity index (χ1) is 13.7. The number of carbonyl (C=O) groups is 1. The van der Waals surface area contributed by atoms with E-state index >= 15 is 0 Å². The number of carbonyl (C=O) groups excluding carboxylic acids is 1. The van der Waals surface area contributed by atoms with Gasteiger partial charge in [0.2, 0.25) is 0 Å². The molecule has 150 valence electrons. The monoisotopic (exact) mass is 472 g/mol. The molecule has 1 amide bonds. The number of anilines is 2. The van der Waals surface area contributed by atoms with E-state index in [1.54, 1.807) is 30.3 Å². The number of halogens is 1. The molecule has 0 bridgehead atoms. The number of nitrogens with one attached hydrogen (secondary N) is 2. The third-order valence-corrected chi connectivity index (χ3v) is 6.51. The van der Waals surface area contributed by atoms with Crippen LogP contribution in [0.3, 0.4) is 0 Å². The molecule has 0 aliphatic carbocycles. The van der Waals surface area contributed by atoms with Gasteiger partial charge in [0.15, 0.2) is 0 Å². The Morgan fingerprint density at radius 2 is 1.48 bits per heavy atom. The molecule has 3 rings (SSSR count). The van der Waals surface area contributed by atoms with Crippen LogP contribution in [0.25, 0.3) is 0 Å². The van der Waals surface area contributed by atoms with Crippen LogP contribution in [0.1, 0.15) is 27.0 Å². The quantitative estimate of drug-likeness (QED) is 0.519. The minimum Gasteiger partial charge on any atom is -0.322 e. The van der Waals surface area contributed by atoms with Gasteiger partial charge in [-0.25, -0.2) is 8.42 Å². The predicted molar refractivity (Wildman–Crippen MR) is 120 cm³/mol. The van der Waals surface area contributed by atoms with Gasteiger partial charge in [-0.05, 0) is 84.2 Å². The normalized spacial score (nSPS) is 11.2. The second-order valence-corrected chi connectivity index (χ2v) is 9.37. The van der Waals surface area contributed by atoms with Crippen LogP contribution in [-0.2, 0) is 10.0 Å². The van der Waals surface area contributed by atoms with Crippen molar-refractivity contribution < 1.29 is 13.2 Å². The van der Waals surface area contributed by atoms with Crippen molar-refractivity contribution in [2.45, 2.75) is 25.7 Å². The van der Waals surface area contributed by atoms with Crippen LogP contribution in [0.15, 0.2) is 70.0 Å². The lowest BCUT2D eigenvalue weighted by Crippen LogP contribution is -2.15. The standard InChI is InChI=1S/C22H21BrN2O3S/c1-14-12-15(2)21(16(3)13-14)25-29(27,28)18-10-8-17(9-11-18)24-22(26)19-6-4-5-7-20(19)23/h4-13,25H,1-3H3,(H,24,26). The second-order valence-electron chi connectivity index (χ2n) is 6.84. The zero-order chi connectivity index (χ0) is 21.2. The molecular weight excluding hydrogens is 452 g/mol. The highest BCUT2D eigenvalue weighted by atomic mass is 79.9. The Kier molecular flexibility index (Phi) is 6.10. The van der Waals surface area contributed by atoms with Crippen LogP contribution in [0.4, 0.5) is 11.4 Å². The summed E-state index contributed by atoms with van der Waals surface area (Å²) in [6, 6.07) is 17.0. The highest BCUT2D eigenvalue weighted by Gasteiger charge is 2.17. The van der Waals surface area contributed by atoms with Gasteiger partial charge < -0.3 is 5.32 Å². The summed E-state index contributed by atoms with van der Waals surface area (Å²) in [5.41, 5.74) is 4.39. The third kappa shape index (κ3) is 4.86. The number of hydrogen-bond donors (Lipinski definition) is 2. The Hall–Kier alpha value is -2.64. The van der Waals surface area contributed by atoms with E-state index in [4.69, 9.17) is 0 Å². The Morgan fingerprint density at radius 1 is 0.897 bits per heavy atom. The van der Waals surface area contributed by atoms with Crippen LogP contribution in [0.2, 0.25) is 0 Å². The van der Waals surface area contributed by atoms with Gasteiger partial charge in [0, 0.05) is 10.2 Å². The van der Waals surface area contributed by atoms with E-state index < -0.39 is 10.0 Å². The Balaban J connectivity index is 1.79. The average Bonchev–Trinajstić information content (AvgIpc) is 2.65. The first-order valence-corrected chi connectivity index (χ1v) is 11.2. The fourth-order valence-corrected chi connectivity index (χ4v) is 4.76. The summed E-state index contributed by atoms with van der Waals surface area (Å²) in [5.74, 6) is -0.280. The van der Waals surface area contributed by atoms with Crippen LogP contribution in [-0.4, -0.2) is 14.3 Å². The number of aryl methyl sites for hydroxylation is 3. The molecular formula is C22H21BrN2O3S. The Bertz CT molecular complexity index is 1150. The van der Waals surface area contributed by atoms with Gasteiger partial charge >= 0.3 is 0 Å². The molecule has 0 saturated carbocycles. The number of hydrogen-bond acceptors (Lipinski definition) is 3. The number of rotatable bonds is 5. The van der Waals surface area contributed by atoms with E-state index in [9.17, 15) is 13.2 Å². The van der Waals surface area contributed by atoms with Crippen molar-refractivity contribution in [2.24, 2.45) is 0 Å². The van der Waals surface area contributed by atoms with Crippen molar-refractivity contribution in [3.8, 4) is 0 Å². The lowest BCUT2D eigenvalue weighted by atomic mass is 10.1. The molecule has 0 atom stereocenters. The molecule has 7 heteroatoms. The molecule has 0 aromatic heterocycles. The van der Waals surface area contributed by atoms with Crippen molar-refractivity contribution in [1.82, 2.24) is 0 Å². The molecule has 0 fully saturated rings. The maximum Gasteiger partial charge on any atom is 0.261 e. The molecule has 3 aromatic rings. The van der Waals surface area contributed by atoms with E-state index in [0.29, 0.717) is 21.4 Å². The SMILES string of the molecule is Cc1cc(C)c(NS(=O)(=O)c2ccc(NC(=O)c3ccccc3Br)cc2)c(C)c1. The summed E-state index contributed by atoms with van der Waals surface area (Å²) < 4.78 is 28.9. The minimum atomic E-state index is -3.75. The second kappa shape index (κ2) is 8.39. The van der Waals surface area contributed by atoms with E-state index in [0.717, 1.165) is 16.7 Å². The molecule has 0 spiro atoms. The fraction of sp³-hybridized carbons (Fsp3) is 0.136. The zero-order valence-corrected chi connectivity index (χ0v) is 18.7. The van der Waals surface area contributed by atoms with Crippen LogP contribution >= 0.6 is 15.9 Å². The van der Waals surface area contributed by atoms with Gasteiger partial charge in [0.1, 0.15) is 0 Å². The van der Waals surface area contributed by atoms with Crippen molar-refractivity contribution in [1.29, 1.82) is 0 Å². The van der Waals surface area contributed by atoms with Gasteiger partial charge in [0.25, 0.3) is 15.9 Å². The topological polar surface area (TPSA) is 75.3 Å². The maximum absolute atomic E-state index is 12.8. The first-order valence-electron chi connectivity index (χ1n) is 8.94. The molecule has 0 saturated heterocycles. The van der Waals surface area contributed by atoms with E-state index in [2.05, 4.69) is 26.0 Å². The zero-order valence-electron chi connectivity index (χ0n) is 16.3. The highest BCUT2D eigenvalue weighted by molar-refractivity contribution is 9.10. The highest BCUT2D eigenvalue weighted by Crippen LogP contribution is 2.26. The molecule has 29 heavy (non-hydrogen) atoms. The van der Waals surface area contributed by atoms with E-state index in [1.807, 2.05) is 39.0 Å². The van der Waals surface area contributed by atoms with Gasteiger partial charge in [-0.15, -0.1) is 0 Å². The molecule has 0 heterocycles. The maximum atomic E-state index is 12.8. The number of sulfonamides is 1. The fourth-order valence-electron chi connectivity index (χ4n) is 3.10. The molecule has 0 radical (unpaired) electrons. The summed E-state index contributed by atoms with van der Waals surface area (Å²) in [5, 5.41) is 2.77. The molecule has 0 aliphatic rings. The summed E-state index contributed by atoms with van der Waals surface area (Å²) in [6.07, 6.45) is 0. The van der Waals surface area contributed by atoms with E-state index in [1.165, 1.54) is 12.1 Å².